The first-order chi connectivity index (χ1) is 15.0. The van der Waals surface area contributed by atoms with Crippen molar-refractivity contribution in [3.8, 4) is 0 Å². The number of esters is 2. The minimum atomic E-state index is -5.27. The van der Waals surface area contributed by atoms with E-state index in [4.69, 9.17) is 9.11 Å². The van der Waals surface area contributed by atoms with E-state index in [0.717, 1.165) is 6.08 Å². The van der Waals surface area contributed by atoms with Crippen LogP contribution in [0.2, 0.25) is 0 Å². The van der Waals surface area contributed by atoms with Crippen molar-refractivity contribution in [1.82, 2.24) is 18.5 Å². The Hall–Kier alpha value is -1.91. The van der Waals surface area contributed by atoms with E-state index in [1.807, 2.05) is 0 Å². The Kier molecular flexibility index (Phi) is 34.4. The SMILES string of the molecule is C=CC(=O)OCCOC.COCCOC(=O)CCOS(=O)(=O)O.O=S(=O)([O-])OOS(=O)(=O)O.[NH4+].[NH4+].[NH4+]. The lowest BCUT2D eigenvalue weighted by Crippen LogP contribution is -2.13. The van der Waals surface area contributed by atoms with Crippen molar-refractivity contribution in [2.45, 2.75) is 6.42 Å². The summed E-state index contributed by atoms with van der Waals surface area (Å²) in [5, 5.41) is 0. The summed E-state index contributed by atoms with van der Waals surface area (Å²) in [4.78, 5) is 21.1. The van der Waals surface area contributed by atoms with E-state index in [2.05, 4.69) is 38.4 Å². The normalized spacial score (nSPS) is 10.2. The molecule has 0 aromatic heterocycles. The molecule has 0 unspecified atom stereocenters. The van der Waals surface area contributed by atoms with Gasteiger partial charge in [-0.15, -0.1) is 0 Å². The second kappa shape index (κ2) is 26.2. The van der Waals surface area contributed by atoms with Crippen molar-refractivity contribution in [1.29, 1.82) is 0 Å². The summed E-state index contributed by atoms with van der Waals surface area (Å²) in [6.45, 7) is 3.87. The second-order valence-corrected chi connectivity index (χ2v) is 7.58. The minimum absolute atomic E-state index is 0. The van der Waals surface area contributed by atoms with Crippen LogP contribution in [0.3, 0.4) is 0 Å². The van der Waals surface area contributed by atoms with E-state index in [9.17, 15) is 39.4 Å². The predicted octanol–water partition coefficient (Wildman–Crippen LogP) is -0.926. The van der Waals surface area contributed by atoms with Gasteiger partial charge in [-0.3, -0.25) is 13.9 Å². The van der Waals surface area contributed by atoms with Gasteiger partial charge in [-0.05, 0) is 0 Å². The number of quaternary nitrogens is 3. The van der Waals surface area contributed by atoms with Gasteiger partial charge < -0.3 is 42.0 Å². The fourth-order valence-electron chi connectivity index (χ4n) is 0.895. The quantitative estimate of drug-likeness (QED) is 0.0303. The second-order valence-electron chi connectivity index (χ2n) is 4.55. The highest BCUT2D eigenvalue weighted by Gasteiger charge is 2.08. The Morgan fingerprint density at radius 2 is 1.22 bits per heavy atom. The first-order valence-electron chi connectivity index (χ1n) is 7.83. The molecule has 21 nitrogen and oxygen atoms in total. The third kappa shape index (κ3) is 53.4. The fraction of sp³-hybridized carbons (Fsp3) is 0.667. The van der Waals surface area contributed by atoms with Crippen molar-refractivity contribution in [3.63, 3.8) is 0 Å². The Bertz CT molecular complexity index is 842. The van der Waals surface area contributed by atoms with Gasteiger partial charge in [-0.25, -0.2) is 17.4 Å². The molecule has 0 saturated heterocycles. The van der Waals surface area contributed by atoms with Crippen LogP contribution in [0.25, 0.3) is 0 Å². The molecule has 0 aliphatic rings. The maximum absolute atomic E-state index is 10.8. The van der Waals surface area contributed by atoms with Crippen LogP contribution in [0.4, 0.5) is 0 Å². The van der Waals surface area contributed by atoms with Crippen LogP contribution in [-0.4, -0.2) is 98.1 Å². The first kappa shape index (κ1) is 47.3. The topological polar surface area (TPSA) is 374 Å². The maximum atomic E-state index is 10.8. The standard InChI is InChI=1S/C6H12O7S.C6H10O3.3H3N.H2O8S2/c1-11-4-5-12-6(7)2-3-13-14(8,9)10;1-3-6(7)9-5-4-8-2;;;;1-9(2,3)7-8-10(4,5)6/h2-5H2,1H3,(H,8,9,10);3H,1,4-5H2,2H3;3*1H3;(H,1,2,3)(H,4,5,6)/p+2. The van der Waals surface area contributed by atoms with E-state index in [0.29, 0.717) is 13.2 Å². The zero-order valence-electron chi connectivity index (χ0n) is 20.2. The molecule has 0 aromatic carbocycles. The van der Waals surface area contributed by atoms with Crippen molar-refractivity contribution in [2.75, 3.05) is 47.3 Å². The number of hydrogen-bond acceptors (Lipinski definition) is 16. The summed E-state index contributed by atoms with van der Waals surface area (Å²) in [5.41, 5.74) is 0. The summed E-state index contributed by atoms with van der Waals surface area (Å²) in [7, 11) is -11.8. The van der Waals surface area contributed by atoms with Crippen LogP contribution in [0.1, 0.15) is 6.42 Å². The molecule has 0 aliphatic heterocycles. The van der Waals surface area contributed by atoms with Crippen LogP contribution in [0, 0.1) is 0 Å². The summed E-state index contributed by atoms with van der Waals surface area (Å²) < 4.78 is 111. The van der Waals surface area contributed by atoms with E-state index >= 15 is 0 Å². The summed E-state index contributed by atoms with van der Waals surface area (Å²) >= 11 is 0. The largest absolute Gasteiger partial charge is 0.724 e. The molecule has 14 N–H and O–H groups in total. The van der Waals surface area contributed by atoms with Gasteiger partial charge >= 0.3 is 32.7 Å². The van der Waals surface area contributed by atoms with Gasteiger partial charge in [0.15, 0.2) is 0 Å². The Morgan fingerprint density at radius 1 is 0.778 bits per heavy atom. The monoisotopic (exact) mass is 605 g/mol. The fourth-order valence-corrected chi connectivity index (χ4v) is 1.74. The van der Waals surface area contributed by atoms with Gasteiger partial charge in [0.1, 0.15) is 13.2 Å². The highest BCUT2D eigenvalue weighted by atomic mass is 32.3. The molecule has 0 saturated carbocycles. The molecule has 0 amide bonds. The highest BCUT2D eigenvalue weighted by molar-refractivity contribution is 7.83. The summed E-state index contributed by atoms with van der Waals surface area (Å²) in [5.74, 6) is -1.03. The Morgan fingerprint density at radius 3 is 1.53 bits per heavy atom. The molecule has 36 heavy (non-hydrogen) atoms. The zero-order valence-corrected chi connectivity index (χ0v) is 22.6. The van der Waals surface area contributed by atoms with Crippen LogP contribution in [0.15, 0.2) is 12.7 Å². The molecular weight excluding hydrogens is 570 g/mol. The molecule has 24 heteroatoms. The summed E-state index contributed by atoms with van der Waals surface area (Å²) in [6, 6.07) is 0. The molecule has 0 radical (unpaired) electrons. The van der Waals surface area contributed by atoms with Gasteiger partial charge in [0.25, 0.3) is 0 Å². The summed E-state index contributed by atoms with van der Waals surface area (Å²) in [6.07, 6.45) is 0.874. The maximum Gasteiger partial charge on any atom is 0.425 e. The van der Waals surface area contributed by atoms with Crippen molar-refractivity contribution >= 4 is 43.1 Å². The van der Waals surface area contributed by atoms with E-state index in [1.165, 1.54) is 7.11 Å². The third-order valence-corrected chi connectivity index (χ3v) is 3.01. The number of carbonyl (C=O) groups excluding carboxylic acids is 2. The number of ether oxygens (including phenoxy) is 4. The smallest absolute Gasteiger partial charge is 0.425 e. The van der Waals surface area contributed by atoms with E-state index in [-0.39, 0.29) is 38.1 Å². The molecule has 0 aromatic rings. The van der Waals surface area contributed by atoms with Crippen LogP contribution in [-0.2, 0) is 72.6 Å². The average molecular weight is 606 g/mol. The Labute approximate surface area is 208 Å². The minimum Gasteiger partial charge on any atom is -0.724 e. The predicted molar refractivity (Wildman–Crippen MR) is 119 cm³/mol. The van der Waals surface area contributed by atoms with Gasteiger partial charge in [0.2, 0.25) is 10.4 Å². The van der Waals surface area contributed by atoms with E-state index in [1.54, 1.807) is 7.11 Å². The van der Waals surface area contributed by atoms with Gasteiger partial charge in [-0.1, -0.05) is 15.2 Å². The molecule has 0 atom stereocenters. The number of hydrogen-bond donors (Lipinski definition) is 5. The average Bonchev–Trinajstić information content (AvgIpc) is 2.66. The highest BCUT2D eigenvalue weighted by Crippen LogP contribution is 1.93. The molecular formula is C12H35N3O18S3+2. The van der Waals surface area contributed by atoms with Crippen molar-refractivity contribution < 1.29 is 80.3 Å². The number of methoxy groups -OCH3 is 2. The Balaban J connectivity index is -0.0000000925. The molecule has 0 rings (SSSR count). The molecule has 0 spiro atoms. The number of carbonyl (C=O) groups is 2. The lowest BCUT2D eigenvalue weighted by Gasteiger charge is -2.03. The third-order valence-electron chi connectivity index (χ3n) is 1.98. The molecule has 0 aliphatic carbocycles. The van der Waals surface area contributed by atoms with Crippen LogP contribution in [0.5, 0.6) is 0 Å². The first-order valence-corrected chi connectivity index (χ1v) is 11.9. The molecule has 0 heterocycles. The molecule has 0 bridgehead atoms. The van der Waals surface area contributed by atoms with Crippen molar-refractivity contribution in [2.24, 2.45) is 0 Å². The number of rotatable bonds is 14. The van der Waals surface area contributed by atoms with Gasteiger partial charge in [0.05, 0.1) is 26.2 Å². The zero-order chi connectivity index (χ0) is 26.6. The van der Waals surface area contributed by atoms with Gasteiger partial charge in [0, 0.05) is 20.3 Å². The van der Waals surface area contributed by atoms with Gasteiger partial charge in [-0.2, -0.15) is 16.8 Å². The van der Waals surface area contributed by atoms with Crippen molar-refractivity contribution in [3.05, 3.63) is 12.7 Å². The van der Waals surface area contributed by atoms with Crippen LogP contribution < -0.4 is 18.5 Å². The molecule has 0 fully saturated rings. The lowest BCUT2D eigenvalue weighted by molar-refractivity contribution is -0.145. The molecule has 222 valence electrons. The van der Waals surface area contributed by atoms with Crippen LogP contribution >= 0.6 is 0 Å². The van der Waals surface area contributed by atoms with E-state index < -0.39 is 49.7 Å². The lowest BCUT2D eigenvalue weighted by atomic mass is 10.5.